The summed E-state index contributed by atoms with van der Waals surface area (Å²) >= 11 is 1.88. The van der Waals surface area contributed by atoms with E-state index in [1.807, 2.05) is 11.8 Å². The van der Waals surface area contributed by atoms with Crippen molar-refractivity contribution in [1.82, 2.24) is 10.3 Å². The quantitative estimate of drug-likeness (QED) is 0.726. The van der Waals surface area contributed by atoms with Gasteiger partial charge in [-0.25, -0.2) is 4.98 Å². The predicted molar refractivity (Wildman–Crippen MR) is 117 cm³/mol. The molecule has 1 aromatic carbocycles. The first-order valence-corrected chi connectivity index (χ1v) is 11.0. The number of benzene rings is 1. The van der Waals surface area contributed by atoms with Crippen LogP contribution in [0.4, 0.5) is 0 Å². The molecular weight excluding hydrogens is 384 g/mol. The highest BCUT2D eigenvalue weighted by Crippen LogP contribution is 2.35. The molecule has 1 saturated carbocycles. The largest absolute Gasteiger partial charge is 0.503 e. The van der Waals surface area contributed by atoms with E-state index in [1.54, 1.807) is 0 Å². The average Bonchev–Trinajstić information content (AvgIpc) is 2.68. The minimum absolute atomic E-state index is 0.0110. The summed E-state index contributed by atoms with van der Waals surface area (Å²) in [6.07, 6.45) is 5.52. The van der Waals surface area contributed by atoms with Crippen molar-refractivity contribution < 1.29 is 14.6 Å². The van der Waals surface area contributed by atoms with Crippen molar-refractivity contribution in [1.29, 1.82) is 0 Å². The van der Waals surface area contributed by atoms with Gasteiger partial charge in [0.2, 0.25) is 0 Å². The number of methoxy groups -OCH3 is 1. The molecule has 2 aromatic rings. The fraction of sp³-hybridized carbons (Fsp3) is 0.478. The molecule has 2 unspecified atom stereocenters. The van der Waals surface area contributed by atoms with E-state index in [-0.39, 0.29) is 34.6 Å². The van der Waals surface area contributed by atoms with Gasteiger partial charge in [0, 0.05) is 28.5 Å². The Labute approximate surface area is 177 Å². The van der Waals surface area contributed by atoms with Gasteiger partial charge in [-0.3, -0.25) is 4.79 Å². The second-order valence-electron chi connectivity index (χ2n) is 8.56. The molecule has 1 heterocycles. The number of amides is 1. The van der Waals surface area contributed by atoms with Crippen molar-refractivity contribution in [3.05, 3.63) is 47.8 Å². The molecule has 0 radical (unpaired) electrons. The van der Waals surface area contributed by atoms with Gasteiger partial charge < -0.3 is 15.2 Å². The van der Waals surface area contributed by atoms with Crippen LogP contribution in [0.3, 0.4) is 0 Å². The number of carbonyl (C=O) groups excluding carboxylic acids is 1. The number of ether oxygens (including phenoxy) is 1. The lowest BCUT2D eigenvalue weighted by Gasteiger charge is -2.29. The zero-order valence-electron chi connectivity index (χ0n) is 17.6. The number of nitrogens with one attached hydrogen (secondary N) is 1. The highest BCUT2D eigenvalue weighted by molar-refractivity contribution is 8.00. The van der Waals surface area contributed by atoms with E-state index in [9.17, 15) is 9.90 Å². The maximum atomic E-state index is 12.6. The molecule has 1 fully saturated rings. The third kappa shape index (κ3) is 5.44. The van der Waals surface area contributed by atoms with Crippen LogP contribution in [0.25, 0.3) is 0 Å². The van der Waals surface area contributed by atoms with Crippen molar-refractivity contribution in [3.63, 3.8) is 0 Å². The Morgan fingerprint density at radius 1 is 1.21 bits per heavy atom. The Kier molecular flexibility index (Phi) is 6.73. The highest BCUT2D eigenvalue weighted by atomic mass is 32.2. The molecule has 1 aliphatic rings. The van der Waals surface area contributed by atoms with E-state index in [2.05, 4.69) is 55.3 Å². The number of aromatic hydroxyl groups is 1. The van der Waals surface area contributed by atoms with Gasteiger partial charge in [-0.15, -0.1) is 11.8 Å². The second kappa shape index (κ2) is 9.08. The topological polar surface area (TPSA) is 71.5 Å². The predicted octanol–water partition coefficient (Wildman–Crippen LogP) is 4.93. The van der Waals surface area contributed by atoms with Gasteiger partial charge in [-0.1, -0.05) is 39.3 Å². The summed E-state index contributed by atoms with van der Waals surface area (Å²) in [5.74, 6) is -0.319. The first-order chi connectivity index (χ1) is 13.8. The normalized spacial score (nSPS) is 19.6. The molecule has 6 heteroatoms. The zero-order chi connectivity index (χ0) is 21.0. The molecule has 1 aromatic heterocycles. The number of hydrogen-bond acceptors (Lipinski definition) is 5. The Hall–Kier alpha value is -2.21. The number of aromatic nitrogens is 1. The summed E-state index contributed by atoms with van der Waals surface area (Å²) in [4.78, 5) is 17.9. The van der Waals surface area contributed by atoms with Gasteiger partial charge in [0.15, 0.2) is 17.2 Å². The van der Waals surface area contributed by atoms with Gasteiger partial charge in [-0.2, -0.15) is 0 Å². The van der Waals surface area contributed by atoms with Gasteiger partial charge in [0.1, 0.15) is 0 Å². The minimum Gasteiger partial charge on any atom is -0.503 e. The summed E-state index contributed by atoms with van der Waals surface area (Å²) < 4.78 is 5.07. The van der Waals surface area contributed by atoms with Gasteiger partial charge in [-0.05, 0) is 42.4 Å². The standard InChI is InChI=1S/C23H30N2O3S/c1-23(2,3)15-8-10-17(11-9-15)29-18-7-5-6-16(14-18)25-22(27)20-21(26)19(28-4)12-13-24-20/h8-13,16,18,26H,5-7,14H2,1-4H3,(H,25,27). The molecule has 2 N–H and O–H groups in total. The summed E-state index contributed by atoms with van der Waals surface area (Å²) in [6.45, 7) is 6.66. The lowest BCUT2D eigenvalue weighted by atomic mass is 9.87. The average molecular weight is 415 g/mol. The molecule has 0 aliphatic heterocycles. The molecule has 3 rings (SSSR count). The second-order valence-corrected chi connectivity index (χ2v) is 9.94. The van der Waals surface area contributed by atoms with Crippen molar-refractivity contribution in [3.8, 4) is 11.5 Å². The van der Waals surface area contributed by atoms with Crippen LogP contribution in [0, 0.1) is 0 Å². The van der Waals surface area contributed by atoms with E-state index >= 15 is 0 Å². The van der Waals surface area contributed by atoms with E-state index < -0.39 is 0 Å². The fourth-order valence-electron chi connectivity index (χ4n) is 3.63. The van der Waals surface area contributed by atoms with Crippen molar-refractivity contribution in [2.24, 2.45) is 0 Å². The van der Waals surface area contributed by atoms with E-state index in [4.69, 9.17) is 4.74 Å². The van der Waals surface area contributed by atoms with Crippen LogP contribution < -0.4 is 10.1 Å². The molecule has 1 aliphatic carbocycles. The van der Waals surface area contributed by atoms with Crippen LogP contribution in [0.2, 0.25) is 0 Å². The van der Waals surface area contributed by atoms with Crippen LogP contribution >= 0.6 is 11.8 Å². The Balaban J connectivity index is 1.60. The first kappa shape index (κ1) is 21.5. The van der Waals surface area contributed by atoms with Crippen LogP contribution in [-0.2, 0) is 5.41 Å². The fourth-order valence-corrected chi connectivity index (χ4v) is 4.92. The number of pyridine rings is 1. The summed E-state index contributed by atoms with van der Waals surface area (Å²) in [7, 11) is 1.45. The van der Waals surface area contributed by atoms with Crippen LogP contribution in [0.15, 0.2) is 41.4 Å². The van der Waals surface area contributed by atoms with Crippen LogP contribution in [-0.4, -0.2) is 34.4 Å². The van der Waals surface area contributed by atoms with Crippen molar-refractivity contribution >= 4 is 17.7 Å². The smallest absolute Gasteiger partial charge is 0.274 e. The molecule has 2 atom stereocenters. The highest BCUT2D eigenvalue weighted by Gasteiger charge is 2.26. The Morgan fingerprint density at radius 2 is 1.93 bits per heavy atom. The van der Waals surface area contributed by atoms with Crippen molar-refractivity contribution in [2.75, 3.05) is 7.11 Å². The molecule has 5 nitrogen and oxygen atoms in total. The first-order valence-electron chi connectivity index (χ1n) is 10.1. The number of hydrogen-bond donors (Lipinski definition) is 2. The number of rotatable bonds is 5. The maximum absolute atomic E-state index is 12.6. The van der Waals surface area contributed by atoms with Gasteiger partial charge in [0.05, 0.1) is 7.11 Å². The minimum atomic E-state index is -0.355. The third-order valence-electron chi connectivity index (χ3n) is 5.31. The molecular formula is C23H30N2O3S. The monoisotopic (exact) mass is 414 g/mol. The van der Waals surface area contributed by atoms with Gasteiger partial charge in [0.25, 0.3) is 5.91 Å². The molecule has 0 saturated heterocycles. The lowest BCUT2D eigenvalue weighted by molar-refractivity contribution is 0.0919. The summed E-state index contributed by atoms with van der Waals surface area (Å²) in [5.41, 5.74) is 1.50. The Bertz CT molecular complexity index is 846. The van der Waals surface area contributed by atoms with Gasteiger partial charge >= 0.3 is 0 Å². The van der Waals surface area contributed by atoms with Crippen molar-refractivity contribution in [2.45, 2.75) is 68.1 Å². The van der Waals surface area contributed by atoms with E-state index in [0.29, 0.717) is 5.25 Å². The Morgan fingerprint density at radius 3 is 2.59 bits per heavy atom. The van der Waals surface area contributed by atoms with Crippen LogP contribution in [0.5, 0.6) is 11.5 Å². The van der Waals surface area contributed by atoms with E-state index in [1.165, 1.54) is 29.8 Å². The molecule has 1 amide bonds. The molecule has 29 heavy (non-hydrogen) atoms. The third-order valence-corrected chi connectivity index (χ3v) is 6.61. The number of thioether (sulfide) groups is 1. The maximum Gasteiger partial charge on any atom is 0.274 e. The summed E-state index contributed by atoms with van der Waals surface area (Å²) in [5, 5.41) is 13.7. The lowest BCUT2D eigenvalue weighted by Crippen LogP contribution is -2.39. The number of carbonyl (C=O) groups is 1. The number of nitrogens with zero attached hydrogens (tertiary/aromatic N) is 1. The summed E-state index contributed by atoms with van der Waals surface area (Å²) in [6, 6.07) is 10.4. The SMILES string of the molecule is COc1ccnc(C(=O)NC2CCCC(Sc3ccc(C(C)(C)C)cc3)C2)c1O. The molecule has 0 bridgehead atoms. The molecule has 0 spiro atoms. The van der Waals surface area contributed by atoms with Crippen LogP contribution in [0.1, 0.15) is 62.5 Å². The molecule has 156 valence electrons. The zero-order valence-corrected chi connectivity index (χ0v) is 18.4. The van der Waals surface area contributed by atoms with E-state index in [0.717, 1.165) is 25.7 Å².